The highest BCUT2D eigenvalue weighted by atomic mass is 32.1. The molecule has 0 aliphatic heterocycles. The number of carbonyl (C=O) groups excluding carboxylic acids is 3. The van der Waals surface area contributed by atoms with Crippen LogP contribution in [-0.4, -0.2) is 31.6 Å². The number of nitrogens with one attached hydrogen (secondary N) is 2. The maximum absolute atomic E-state index is 12.2. The summed E-state index contributed by atoms with van der Waals surface area (Å²) in [5.41, 5.74) is 0.923. The van der Waals surface area contributed by atoms with Crippen molar-refractivity contribution in [1.29, 1.82) is 0 Å². The van der Waals surface area contributed by atoms with E-state index in [1.165, 1.54) is 11.3 Å². The summed E-state index contributed by atoms with van der Waals surface area (Å²) >= 11 is 1.25. The van der Waals surface area contributed by atoms with Crippen LogP contribution in [0.3, 0.4) is 0 Å². The maximum atomic E-state index is 12.2. The number of carbonyl (C=O) groups is 3. The predicted molar refractivity (Wildman–Crippen MR) is 94.2 cm³/mol. The Hall–Kier alpha value is -2.87. The molecule has 7 nitrogen and oxygen atoms in total. The number of para-hydroxylation sites is 1. The SMILES string of the molecule is COC(=O)NC(=O)c1c(NC(=O)COc2ccccc2)sc(C)c1C. The molecule has 0 saturated carbocycles. The van der Waals surface area contributed by atoms with Crippen LogP contribution in [0.4, 0.5) is 9.80 Å². The first-order valence-electron chi connectivity index (χ1n) is 7.39. The molecule has 3 amide bonds. The average molecular weight is 362 g/mol. The standard InChI is InChI=1S/C17H18N2O5S/c1-10-11(2)25-16(14(10)15(21)19-17(22)23-3)18-13(20)9-24-12-7-5-4-6-8-12/h4-8H,9H2,1-3H3,(H,18,20)(H,19,21,22). The molecule has 2 N–H and O–H groups in total. The molecule has 0 radical (unpaired) electrons. The van der Waals surface area contributed by atoms with Crippen molar-refractivity contribution in [2.75, 3.05) is 19.0 Å². The van der Waals surface area contributed by atoms with Crippen LogP contribution in [0.5, 0.6) is 5.75 Å². The van der Waals surface area contributed by atoms with E-state index in [4.69, 9.17) is 4.74 Å². The first-order valence-corrected chi connectivity index (χ1v) is 8.21. The van der Waals surface area contributed by atoms with Gasteiger partial charge in [-0.2, -0.15) is 0 Å². The molecule has 1 aromatic carbocycles. The van der Waals surface area contributed by atoms with E-state index >= 15 is 0 Å². The molecule has 0 aliphatic carbocycles. The fraction of sp³-hybridized carbons (Fsp3) is 0.235. The van der Waals surface area contributed by atoms with Crippen LogP contribution >= 0.6 is 11.3 Å². The molecule has 25 heavy (non-hydrogen) atoms. The van der Waals surface area contributed by atoms with Crippen LogP contribution < -0.4 is 15.4 Å². The number of benzene rings is 1. The zero-order chi connectivity index (χ0) is 18.4. The molecule has 8 heteroatoms. The van der Waals surface area contributed by atoms with Gasteiger partial charge < -0.3 is 14.8 Å². The first-order chi connectivity index (χ1) is 11.9. The first kappa shape index (κ1) is 18.5. The summed E-state index contributed by atoms with van der Waals surface area (Å²) in [6, 6.07) is 8.92. The van der Waals surface area contributed by atoms with Crippen LogP contribution in [0, 0.1) is 13.8 Å². The molecular weight excluding hydrogens is 344 g/mol. The number of imide groups is 1. The van der Waals surface area contributed by atoms with Crippen molar-refractivity contribution in [3.63, 3.8) is 0 Å². The number of rotatable bonds is 5. The summed E-state index contributed by atoms with van der Waals surface area (Å²) in [6.45, 7) is 3.37. The lowest BCUT2D eigenvalue weighted by atomic mass is 10.1. The van der Waals surface area contributed by atoms with Gasteiger partial charge in [0.2, 0.25) is 0 Å². The summed E-state index contributed by atoms with van der Waals surface area (Å²) in [6.07, 6.45) is -0.863. The zero-order valence-corrected chi connectivity index (χ0v) is 14.9. The largest absolute Gasteiger partial charge is 0.484 e. The number of hydrogen-bond acceptors (Lipinski definition) is 6. The number of ether oxygens (including phenoxy) is 2. The van der Waals surface area contributed by atoms with E-state index < -0.39 is 17.9 Å². The predicted octanol–water partition coefficient (Wildman–Crippen LogP) is 2.88. The maximum Gasteiger partial charge on any atom is 0.413 e. The van der Waals surface area contributed by atoms with Gasteiger partial charge >= 0.3 is 6.09 Å². The molecular formula is C17H18N2O5S. The third kappa shape index (κ3) is 4.80. The van der Waals surface area contributed by atoms with Crippen molar-refractivity contribution in [3.8, 4) is 5.75 Å². The van der Waals surface area contributed by atoms with Gasteiger partial charge in [-0.3, -0.25) is 14.9 Å². The quantitative estimate of drug-likeness (QED) is 0.853. The molecule has 0 unspecified atom stereocenters. The Labute approximate surface area is 148 Å². The Bertz CT molecular complexity index is 786. The molecule has 0 saturated heterocycles. The van der Waals surface area contributed by atoms with Gasteiger partial charge in [-0.1, -0.05) is 18.2 Å². The van der Waals surface area contributed by atoms with E-state index in [1.54, 1.807) is 31.2 Å². The second kappa shape index (κ2) is 8.29. The highest BCUT2D eigenvalue weighted by molar-refractivity contribution is 7.16. The minimum absolute atomic E-state index is 0.196. The van der Waals surface area contributed by atoms with Gasteiger partial charge in [-0.05, 0) is 31.5 Å². The lowest BCUT2D eigenvalue weighted by Crippen LogP contribution is -2.31. The second-order valence-electron chi connectivity index (χ2n) is 5.08. The van der Waals surface area contributed by atoms with Gasteiger partial charge in [0.05, 0.1) is 12.7 Å². The minimum Gasteiger partial charge on any atom is -0.484 e. The number of thiophene rings is 1. The summed E-state index contributed by atoms with van der Waals surface area (Å²) in [5, 5.41) is 5.11. The molecule has 0 spiro atoms. The van der Waals surface area contributed by atoms with Gasteiger partial charge in [0, 0.05) is 4.88 Å². The number of hydrogen-bond donors (Lipinski definition) is 2. The molecule has 132 valence electrons. The third-order valence-corrected chi connectivity index (χ3v) is 4.50. The van der Waals surface area contributed by atoms with E-state index in [2.05, 4.69) is 15.4 Å². The van der Waals surface area contributed by atoms with Crippen molar-refractivity contribution in [3.05, 3.63) is 46.3 Å². The van der Waals surface area contributed by atoms with Crippen LogP contribution in [-0.2, 0) is 9.53 Å². The Kier molecular flexibility index (Phi) is 6.13. The lowest BCUT2D eigenvalue weighted by molar-refractivity contribution is -0.118. The van der Waals surface area contributed by atoms with Gasteiger partial charge in [0.25, 0.3) is 11.8 Å². The van der Waals surface area contributed by atoms with E-state index in [9.17, 15) is 14.4 Å². The highest BCUT2D eigenvalue weighted by Crippen LogP contribution is 2.32. The molecule has 0 atom stereocenters. The Morgan fingerprint density at radius 3 is 2.44 bits per heavy atom. The summed E-state index contributed by atoms with van der Waals surface area (Å²) in [5.74, 6) is -0.468. The van der Waals surface area contributed by atoms with Gasteiger partial charge in [-0.25, -0.2) is 4.79 Å². The van der Waals surface area contributed by atoms with E-state index in [1.807, 2.05) is 13.0 Å². The number of amides is 3. The van der Waals surface area contributed by atoms with Crippen molar-refractivity contribution in [2.24, 2.45) is 0 Å². The van der Waals surface area contributed by atoms with E-state index in [0.717, 1.165) is 12.0 Å². The van der Waals surface area contributed by atoms with Gasteiger partial charge in [-0.15, -0.1) is 11.3 Å². The van der Waals surface area contributed by atoms with Crippen molar-refractivity contribution < 1.29 is 23.9 Å². The smallest absolute Gasteiger partial charge is 0.413 e. The molecule has 2 rings (SSSR count). The van der Waals surface area contributed by atoms with Gasteiger partial charge in [0.15, 0.2) is 6.61 Å². The Morgan fingerprint density at radius 2 is 1.80 bits per heavy atom. The molecule has 1 aromatic heterocycles. The highest BCUT2D eigenvalue weighted by Gasteiger charge is 2.22. The van der Waals surface area contributed by atoms with Crippen molar-refractivity contribution in [2.45, 2.75) is 13.8 Å². The number of alkyl carbamates (subject to hydrolysis) is 1. The van der Waals surface area contributed by atoms with E-state index in [0.29, 0.717) is 16.3 Å². The molecule has 2 aromatic rings. The van der Waals surface area contributed by atoms with Crippen LogP contribution in [0.1, 0.15) is 20.8 Å². The second-order valence-corrected chi connectivity index (χ2v) is 6.31. The Morgan fingerprint density at radius 1 is 1.12 bits per heavy atom. The molecule has 0 fully saturated rings. The van der Waals surface area contributed by atoms with Gasteiger partial charge in [0.1, 0.15) is 10.8 Å². The van der Waals surface area contributed by atoms with E-state index in [-0.39, 0.29) is 12.2 Å². The normalized spacial score (nSPS) is 10.0. The monoisotopic (exact) mass is 362 g/mol. The average Bonchev–Trinajstić information content (AvgIpc) is 2.87. The molecule has 0 bridgehead atoms. The zero-order valence-electron chi connectivity index (χ0n) is 14.0. The summed E-state index contributed by atoms with van der Waals surface area (Å²) in [7, 11) is 1.16. The van der Waals surface area contributed by atoms with Crippen LogP contribution in [0.25, 0.3) is 0 Å². The minimum atomic E-state index is -0.863. The summed E-state index contributed by atoms with van der Waals surface area (Å²) in [4.78, 5) is 36.5. The Balaban J connectivity index is 2.08. The number of aryl methyl sites for hydroxylation is 1. The topological polar surface area (TPSA) is 93.7 Å². The fourth-order valence-corrected chi connectivity index (χ4v) is 3.10. The number of anilines is 1. The molecule has 1 heterocycles. The molecule has 0 aliphatic rings. The third-order valence-electron chi connectivity index (χ3n) is 3.38. The summed E-state index contributed by atoms with van der Waals surface area (Å²) < 4.78 is 9.80. The fourth-order valence-electron chi connectivity index (χ4n) is 2.02. The van der Waals surface area contributed by atoms with Crippen molar-refractivity contribution in [1.82, 2.24) is 5.32 Å². The van der Waals surface area contributed by atoms with Crippen LogP contribution in [0.15, 0.2) is 30.3 Å². The van der Waals surface area contributed by atoms with Crippen LogP contribution in [0.2, 0.25) is 0 Å². The number of methoxy groups -OCH3 is 1. The van der Waals surface area contributed by atoms with Crippen molar-refractivity contribution >= 4 is 34.2 Å². The lowest BCUT2D eigenvalue weighted by Gasteiger charge is -2.08.